The van der Waals surface area contributed by atoms with E-state index in [0.29, 0.717) is 25.3 Å². The van der Waals surface area contributed by atoms with E-state index in [0.717, 1.165) is 27.8 Å². The molecular formula is C35H42N4O8S2. The van der Waals surface area contributed by atoms with E-state index in [9.17, 15) is 22.8 Å². The minimum Gasteiger partial charge on any atom is -0.497 e. The first-order valence-electron chi connectivity index (χ1n) is 15.9. The average Bonchev–Trinajstić information content (AvgIpc) is 3.67. The topological polar surface area (TPSA) is 147 Å². The third kappa shape index (κ3) is 9.89. The lowest BCUT2D eigenvalue weighted by atomic mass is 10.1. The number of thioether (sulfide) groups is 1. The number of Topliss-reactive ketones (excluding diaryl/α,β-unsaturated/α-hetero) is 1. The summed E-state index contributed by atoms with van der Waals surface area (Å²) < 4.78 is 46.1. The average molecular weight is 711 g/mol. The van der Waals surface area contributed by atoms with Gasteiger partial charge in [-0.2, -0.15) is 16.1 Å². The van der Waals surface area contributed by atoms with Crippen LogP contribution >= 0.6 is 11.8 Å². The number of ketones is 1. The Morgan fingerprint density at radius 1 is 0.959 bits per heavy atom. The Balaban J connectivity index is 0.000000529. The molecule has 0 radical (unpaired) electrons. The first-order valence-corrected chi connectivity index (χ1v) is 18.4. The lowest BCUT2D eigenvalue weighted by molar-refractivity contribution is -0.145. The van der Waals surface area contributed by atoms with Gasteiger partial charge >= 0.3 is 11.9 Å². The van der Waals surface area contributed by atoms with E-state index in [1.54, 1.807) is 60.8 Å². The zero-order valence-corrected chi connectivity index (χ0v) is 30.0. The molecule has 1 fully saturated rings. The van der Waals surface area contributed by atoms with Crippen molar-refractivity contribution in [2.75, 3.05) is 26.9 Å². The van der Waals surface area contributed by atoms with Crippen LogP contribution in [0.15, 0.2) is 71.6 Å². The van der Waals surface area contributed by atoms with E-state index >= 15 is 0 Å². The molecule has 2 heterocycles. The summed E-state index contributed by atoms with van der Waals surface area (Å²) in [6, 6.07) is 20.5. The first kappa shape index (κ1) is 37.5. The fourth-order valence-electron chi connectivity index (χ4n) is 5.36. The van der Waals surface area contributed by atoms with E-state index in [-0.39, 0.29) is 47.2 Å². The zero-order chi connectivity index (χ0) is 35.6. The number of nitrogens with zero attached hydrogens (tertiary/aromatic N) is 4. The smallest absolute Gasteiger partial charge is 0.360 e. The molecule has 0 saturated carbocycles. The summed E-state index contributed by atoms with van der Waals surface area (Å²) >= 11 is 1.74. The van der Waals surface area contributed by atoms with Gasteiger partial charge in [0.15, 0.2) is 5.69 Å². The standard InChI is InChI=1S/C29H32N4O5S2.C6H10O3/c1-4-38-29(34)28-20(2)32(31-30-28)17-24-16-26(39-19-21-9-12-25(37-3)13-10-21)18-33(24)40(35,36)27-14-11-22-7-5-6-8-23(22)15-27;1-3-9-6(8)4-5(2)7/h5-15,24,26H,4,16-19H2,1-3H3;3-4H2,1-2H3/t24-,26+;/m0./s1. The van der Waals surface area contributed by atoms with Gasteiger partial charge in [-0.15, -0.1) is 5.10 Å². The van der Waals surface area contributed by atoms with Crippen LogP contribution in [-0.4, -0.2) is 83.6 Å². The quantitative estimate of drug-likeness (QED) is 0.133. The van der Waals surface area contributed by atoms with Crippen molar-refractivity contribution in [2.45, 2.75) is 69.0 Å². The molecule has 4 aromatic rings. The van der Waals surface area contributed by atoms with Crippen LogP contribution in [0.2, 0.25) is 0 Å². The molecule has 0 amide bonds. The maximum absolute atomic E-state index is 14.0. The zero-order valence-electron chi connectivity index (χ0n) is 28.3. The second-order valence-electron chi connectivity index (χ2n) is 11.4. The molecule has 0 spiro atoms. The molecule has 3 aromatic carbocycles. The van der Waals surface area contributed by atoms with E-state index in [2.05, 4.69) is 15.0 Å². The normalized spacial score (nSPS) is 16.1. The lowest BCUT2D eigenvalue weighted by Crippen LogP contribution is -2.38. The molecule has 14 heteroatoms. The van der Waals surface area contributed by atoms with Crippen LogP contribution in [0.4, 0.5) is 0 Å². The Kier molecular flexibility index (Phi) is 13.3. The molecule has 5 rings (SSSR count). The van der Waals surface area contributed by atoms with Crippen LogP contribution < -0.4 is 4.74 Å². The minimum absolute atomic E-state index is 0.0793. The molecule has 1 aromatic heterocycles. The van der Waals surface area contributed by atoms with Gasteiger partial charge in [0.05, 0.1) is 37.5 Å². The molecule has 0 unspecified atom stereocenters. The predicted octanol–water partition coefficient (Wildman–Crippen LogP) is 5.22. The van der Waals surface area contributed by atoms with Crippen LogP contribution in [0, 0.1) is 6.92 Å². The Labute approximate surface area is 291 Å². The van der Waals surface area contributed by atoms with Crippen LogP contribution in [0.5, 0.6) is 5.75 Å². The summed E-state index contributed by atoms with van der Waals surface area (Å²) in [6.45, 7) is 7.78. The van der Waals surface area contributed by atoms with Crippen LogP contribution in [0.1, 0.15) is 55.4 Å². The largest absolute Gasteiger partial charge is 0.497 e. The van der Waals surface area contributed by atoms with Crippen LogP contribution in [-0.2, 0) is 41.4 Å². The molecule has 0 aliphatic carbocycles. The van der Waals surface area contributed by atoms with Crippen molar-refractivity contribution in [1.29, 1.82) is 0 Å². The van der Waals surface area contributed by atoms with Gasteiger partial charge in [0.25, 0.3) is 0 Å². The number of hydrogen-bond acceptors (Lipinski definition) is 11. The number of carbonyl (C=O) groups excluding carboxylic acids is 3. The summed E-state index contributed by atoms with van der Waals surface area (Å²) in [5.41, 5.74) is 1.84. The molecule has 262 valence electrons. The number of hydrogen-bond donors (Lipinski definition) is 0. The van der Waals surface area contributed by atoms with Gasteiger partial charge in [-0.05, 0) is 74.7 Å². The fourth-order valence-corrected chi connectivity index (χ4v) is 8.41. The highest BCUT2D eigenvalue weighted by molar-refractivity contribution is 7.99. The Hall–Kier alpha value is -4.27. The molecule has 1 aliphatic heterocycles. The third-order valence-corrected chi connectivity index (χ3v) is 11.1. The number of benzene rings is 3. The number of sulfonamides is 1. The first-order chi connectivity index (χ1) is 23.5. The summed E-state index contributed by atoms with van der Waals surface area (Å²) in [7, 11) is -2.17. The van der Waals surface area contributed by atoms with Crippen LogP contribution in [0.25, 0.3) is 10.8 Å². The van der Waals surface area contributed by atoms with E-state index in [1.807, 2.05) is 54.6 Å². The minimum atomic E-state index is -3.80. The van der Waals surface area contributed by atoms with Gasteiger partial charge in [0.1, 0.15) is 18.0 Å². The molecule has 12 nitrogen and oxygen atoms in total. The van der Waals surface area contributed by atoms with Crippen molar-refractivity contribution in [3.63, 3.8) is 0 Å². The number of ether oxygens (including phenoxy) is 3. The van der Waals surface area contributed by atoms with Gasteiger partial charge in [-0.25, -0.2) is 17.9 Å². The van der Waals surface area contributed by atoms with E-state index in [1.165, 1.54) is 6.92 Å². The van der Waals surface area contributed by atoms with Crippen molar-refractivity contribution >= 4 is 50.3 Å². The third-order valence-electron chi connectivity index (χ3n) is 7.83. The molecular weight excluding hydrogens is 669 g/mol. The van der Waals surface area contributed by atoms with E-state index < -0.39 is 22.0 Å². The Bertz CT molecular complexity index is 1860. The number of rotatable bonds is 13. The van der Waals surface area contributed by atoms with Crippen molar-refractivity contribution in [2.24, 2.45) is 0 Å². The highest BCUT2D eigenvalue weighted by Gasteiger charge is 2.41. The molecule has 1 aliphatic rings. The highest BCUT2D eigenvalue weighted by Crippen LogP contribution is 2.35. The molecule has 49 heavy (non-hydrogen) atoms. The second kappa shape index (κ2) is 17.4. The molecule has 2 atom stereocenters. The summed E-state index contributed by atoms with van der Waals surface area (Å²) in [5, 5.41) is 10.1. The maximum Gasteiger partial charge on any atom is 0.360 e. The van der Waals surface area contributed by atoms with Crippen molar-refractivity contribution in [1.82, 2.24) is 19.3 Å². The number of carbonyl (C=O) groups is 3. The summed E-state index contributed by atoms with van der Waals surface area (Å²) in [6.07, 6.45) is 0.537. The van der Waals surface area contributed by atoms with E-state index in [4.69, 9.17) is 9.47 Å². The number of fused-ring (bicyclic) bond motifs is 1. The summed E-state index contributed by atoms with van der Waals surface area (Å²) in [4.78, 5) is 33.2. The monoisotopic (exact) mass is 710 g/mol. The van der Waals surface area contributed by atoms with Gasteiger partial charge in [-0.3, -0.25) is 9.59 Å². The number of aromatic nitrogens is 3. The second-order valence-corrected chi connectivity index (χ2v) is 14.5. The van der Waals surface area contributed by atoms with Crippen molar-refractivity contribution in [3.8, 4) is 5.75 Å². The lowest BCUT2D eigenvalue weighted by Gasteiger charge is -2.24. The van der Waals surface area contributed by atoms with Crippen molar-refractivity contribution < 1.29 is 37.0 Å². The fraction of sp³-hybridized carbons (Fsp3) is 0.400. The molecule has 0 bridgehead atoms. The Morgan fingerprint density at radius 2 is 1.65 bits per heavy atom. The molecule has 1 saturated heterocycles. The number of esters is 2. The van der Waals surface area contributed by atoms with Gasteiger partial charge in [0, 0.05) is 23.6 Å². The van der Waals surface area contributed by atoms with Crippen molar-refractivity contribution in [3.05, 3.63) is 83.7 Å². The van der Waals surface area contributed by atoms with Gasteiger partial charge in [0.2, 0.25) is 10.0 Å². The van der Waals surface area contributed by atoms with Gasteiger partial charge < -0.3 is 14.2 Å². The number of methoxy groups -OCH3 is 1. The predicted molar refractivity (Wildman–Crippen MR) is 187 cm³/mol. The Morgan fingerprint density at radius 3 is 2.31 bits per heavy atom. The molecule has 0 N–H and O–H groups in total. The highest BCUT2D eigenvalue weighted by atomic mass is 32.2. The maximum atomic E-state index is 14.0. The SMILES string of the molecule is CCOC(=O)CC(C)=O.CCOC(=O)c1nnn(C[C@@H]2C[C@@H](SCc3ccc(OC)cc3)CN2S(=O)(=O)c2ccc3ccccc3c2)c1C. The van der Waals surface area contributed by atoms with Gasteiger partial charge in [-0.1, -0.05) is 47.7 Å². The van der Waals surface area contributed by atoms with Crippen LogP contribution in [0.3, 0.4) is 0 Å². The summed E-state index contributed by atoms with van der Waals surface area (Å²) in [5.74, 6) is 0.415.